The van der Waals surface area contributed by atoms with E-state index < -0.39 is 29.7 Å². The first-order chi connectivity index (χ1) is 17.7. The molecule has 196 valence electrons. The van der Waals surface area contributed by atoms with Gasteiger partial charge in [0.25, 0.3) is 5.91 Å². The van der Waals surface area contributed by atoms with Crippen molar-refractivity contribution in [3.8, 4) is 17.2 Å². The summed E-state index contributed by atoms with van der Waals surface area (Å²) in [4.78, 5) is 31.5. The van der Waals surface area contributed by atoms with Gasteiger partial charge >= 0.3 is 6.09 Å². The fraction of sp³-hybridized carbons (Fsp3) is 0.500. The number of amides is 2. The van der Waals surface area contributed by atoms with E-state index in [0.29, 0.717) is 26.0 Å². The molecule has 1 saturated heterocycles. The normalized spacial score (nSPS) is 18.4. The number of carbonyl (C=O) groups excluding carboxylic acids is 2. The second kappa shape index (κ2) is 11.6. The van der Waals surface area contributed by atoms with Crippen molar-refractivity contribution in [2.24, 2.45) is 0 Å². The van der Waals surface area contributed by atoms with Crippen LogP contribution < -0.4 is 10.6 Å². The predicted molar refractivity (Wildman–Crippen MR) is 140 cm³/mol. The summed E-state index contributed by atoms with van der Waals surface area (Å²) in [6.07, 6.45) is 3.61. The summed E-state index contributed by atoms with van der Waals surface area (Å²) in [5, 5.41) is 15.9. The van der Waals surface area contributed by atoms with Crippen molar-refractivity contribution in [1.29, 1.82) is 5.26 Å². The average Bonchev–Trinajstić information content (AvgIpc) is 3.14. The second-order valence-electron chi connectivity index (χ2n) is 10.5. The molecule has 2 aromatic rings. The van der Waals surface area contributed by atoms with Crippen LogP contribution >= 0.6 is 0 Å². The lowest BCUT2D eigenvalue weighted by Gasteiger charge is -2.27. The first-order valence-electron chi connectivity index (χ1n) is 12.8. The Morgan fingerprint density at radius 2 is 2.05 bits per heavy atom. The summed E-state index contributed by atoms with van der Waals surface area (Å²) >= 11 is 0. The molecule has 2 amide bonds. The molecule has 0 radical (unpaired) electrons. The van der Waals surface area contributed by atoms with Crippen LogP contribution in [-0.2, 0) is 27.1 Å². The smallest absolute Gasteiger partial charge is 0.410 e. The van der Waals surface area contributed by atoms with Crippen molar-refractivity contribution < 1.29 is 19.1 Å². The summed E-state index contributed by atoms with van der Waals surface area (Å²) in [6, 6.07) is 11.5. The van der Waals surface area contributed by atoms with Crippen LogP contribution in [0.4, 0.5) is 10.5 Å². The number of nitrogens with one attached hydrogen (secondary N) is 2. The molecule has 0 aliphatic carbocycles. The first kappa shape index (κ1) is 26.4. The number of anilines is 1. The van der Waals surface area contributed by atoms with Crippen LogP contribution in [0.1, 0.15) is 44.9 Å². The van der Waals surface area contributed by atoms with E-state index in [2.05, 4.69) is 27.8 Å². The maximum atomic E-state index is 12.9. The maximum absolute atomic E-state index is 12.9. The minimum absolute atomic E-state index is 0.0806. The topological polar surface area (TPSA) is 117 Å². The van der Waals surface area contributed by atoms with Gasteiger partial charge in [-0.15, -0.1) is 0 Å². The average molecular weight is 506 g/mol. The van der Waals surface area contributed by atoms with Gasteiger partial charge in [0.1, 0.15) is 11.6 Å². The Labute approximate surface area is 218 Å². The van der Waals surface area contributed by atoms with Crippen LogP contribution in [0.3, 0.4) is 0 Å². The zero-order valence-electron chi connectivity index (χ0n) is 21.8. The van der Waals surface area contributed by atoms with E-state index in [1.54, 1.807) is 20.8 Å². The molecule has 0 saturated carbocycles. The van der Waals surface area contributed by atoms with Crippen LogP contribution in [0, 0.1) is 11.3 Å². The summed E-state index contributed by atoms with van der Waals surface area (Å²) < 4.78 is 11.1. The van der Waals surface area contributed by atoms with Gasteiger partial charge in [-0.05, 0) is 57.2 Å². The highest BCUT2D eigenvalue weighted by Crippen LogP contribution is 2.27. The number of ether oxygens (including phenoxy) is 2. The molecule has 1 aromatic heterocycles. The molecule has 4 rings (SSSR count). The third kappa shape index (κ3) is 7.20. The zero-order chi connectivity index (χ0) is 26.4. The lowest BCUT2D eigenvalue weighted by Crippen LogP contribution is -2.48. The molecule has 37 heavy (non-hydrogen) atoms. The molecule has 9 nitrogen and oxygen atoms in total. The second-order valence-corrected chi connectivity index (χ2v) is 10.5. The quantitative estimate of drug-likeness (QED) is 0.637. The molecule has 2 aliphatic heterocycles. The van der Waals surface area contributed by atoms with Crippen molar-refractivity contribution in [3.63, 3.8) is 0 Å². The van der Waals surface area contributed by atoms with Crippen molar-refractivity contribution in [2.75, 3.05) is 31.6 Å². The third-order valence-electron chi connectivity index (χ3n) is 6.30. The van der Waals surface area contributed by atoms with Gasteiger partial charge in [0.15, 0.2) is 6.10 Å². The van der Waals surface area contributed by atoms with Crippen molar-refractivity contribution in [1.82, 2.24) is 15.2 Å². The van der Waals surface area contributed by atoms with Gasteiger partial charge in [-0.2, -0.15) is 5.26 Å². The Morgan fingerprint density at radius 3 is 2.78 bits per heavy atom. The SMILES string of the molecule is CC(C)(C)OC(=O)N1CCCO[C@H](C(=O)N[C@H](C#N)Cc2ccc(-c3cnc4c(c3)NCCC4)cc2)C1. The molecular formula is C28H35N5O4. The van der Waals surface area contributed by atoms with E-state index in [-0.39, 0.29) is 6.54 Å². The van der Waals surface area contributed by atoms with Gasteiger partial charge in [0.2, 0.25) is 0 Å². The molecule has 0 spiro atoms. The number of benzene rings is 1. The van der Waals surface area contributed by atoms with Gasteiger partial charge < -0.3 is 25.0 Å². The first-order valence-corrected chi connectivity index (χ1v) is 12.8. The number of pyridine rings is 1. The van der Waals surface area contributed by atoms with Gasteiger partial charge in [-0.3, -0.25) is 9.78 Å². The van der Waals surface area contributed by atoms with Crippen LogP contribution in [0.25, 0.3) is 11.1 Å². The molecule has 1 aromatic carbocycles. The van der Waals surface area contributed by atoms with Crippen molar-refractivity contribution in [3.05, 3.63) is 47.8 Å². The van der Waals surface area contributed by atoms with Gasteiger partial charge in [-0.1, -0.05) is 24.3 Å². The molecule has 3 heterocycles. The molecule has 0 unspecified atom stereocenters. The number of aromatic nitrogens is 1. The van der Waals surface area contributed by atoms with Gasteiger partial charge in [0, 0.05) is 37.9 Å². The molecule has 1 fully saturated rings. The molecule has 2 N–H and O–H groups in total. The van der Waals surface area contributed by atoms with E-state index in [1.807, 2.05) is 30.5 Å². The summed E-state index contributed by atoms with van der Waals surface area (Å²) in [5.74, 6) is -0.411. The Morgan fingerprint density at radius 1 is 1.27 bits per heavy atom. The Hall–Kier alpha value is -3.64. The number of fused-ring (bicyclic) bond motifs is 1. The largest absolute Gasteiger partial charge is 0.444 e. The van der Waals surface area contributed by atoms with E-state index in [1.165, 1.54) is 4.90 Å². The highest BCUT2D eigenvalue weighted by molar-refractivity contribution is 5.82. The number of nitriles is 1. The lowest BCUT2D eigenvalue weighted by molar-refractivity contribution is -0.133. The molecule has 0 bridgehead atoms. The van der Waals surface area contributed by atoms with Crippen molar-refractivity contribution >= 4 is 17.7 Å². The Kier molecular flexibility index (Phi) is 8.29. The predicted octanol–water partition coefficient (Wildman–Crippen LogP) is 3.68. The Bertz CT molecular complexity index is 1150. The van der Waals surface area contributed by atoms with Crippen LogP contribution in [0.2, 0.25) is 0 Å². The van der Waals surface area contributed by atoms with E-state index in [0.717, 1.165) is 47.5 Å². The summed E-state index contributed by atoms with van der Waals surface area (Å²) in [6.45, 7) is 7.24. The monoisotopic (exact) mass is 505 g/mol. The fourth-order valence-corrected chi connectivity index (χ4v) is 4.42. The van der Waals surface area contributed by atoms with Gasteiger partial charge in [0.05, 0.1) is 24.0 Å². The minimum atomic E-state index is -0.863. The van der Waals surface area contributed by atoms with Crippen LogP contribution in [0.15, 0.2) is 36.5 Å². The number of hydrogen-bond acceptors (Lipinski definition) is 7. The van der Waals surface area contributed by atoms with E-state index >= 15 is 0 Å². The van der Waals surface area contributed by atoms with Crippen LogP contribution in [-0.4, -0.2) is 65.9 Å². The van der Waals surface area contributed by atoms with Crippen LogP contribution in [0.5, 0.6) is 0 Å². The highest BCUT2D eigenvalue weighted by atomic mass is 16.6. The number of aryl methyl sites for hydroxylation is 1. The number of carbonyl (C=O) groups is 2. The lowest BCUT2D eigenvalue weighted by atomic mass is 10.00. The van der Waals surface area contributed by atoms with Gasteiger partial charge in [-0.25, -0.2) is 4.79 Å². The maximum Gasteiger partial charge on any atom is 0.410 e. The number of nitrogens with zero attached hydrogens (tertiary/aromatic N) is 3. The zero-order valence-corrected chi connectivity index (χ0v) is 21.8. The minimum Gasteiger partial charge on any atom is -0.444 e. The third-order valence-corrected chi connectivity index (χ3v) is 6.30. The van der Waals surface area contributed by atoms with E-state index in [9.17, 15) is 14.9 Å². The fourth-order valence-electron chi connectivity index (χ4n) is 4.42. The Balaban J connectivity index is 1.35. The summed E-state index contributed by atoms with van der Waals surface area (Å²) in [5.41, 5.74) is 4.56. The van der Waals surface area contributed by atoms with E-state index in [4.69, 9.17) is 9.47 Å². The number of hydrogen-bond donors (Lipinski definition) is 2. The summed E-state index contributed by atoms with van der Waals surface area (Å²) in [7, 11) is 0. The standard InChI is InChI=1S/C28H35N5O4/c1-28(2,3)37-27(35)33-12-5-13-36-25(18-33)26(34)32-22(16-29)14-19-7-9-20(10-8-19)21-15-24-23(31-17-21)6-4-11-30-24/h7-10,15,17,22,25,30H,4-6,11-14,18H2,1-3H3,(H,32,34)/t22-,25-/m0/s1. The molecule has 2 atom stereocenters. The molecule has 2 aliphatic rings. The molecule has 9 heteroatoms. The van der Waals surface area contributed by atoms with Crippen molar-refractivity contribution in [2.45, 2.75) is 64.2 Å². The number of rotatable bonds is 5. The highest BCUT2D eigenvalue weighted by Gasteiger charge is 2.31. The molecular weight excluding hydrogens is 470 g/mol.